The van der Waals surface area contributed by atoms with Crippen LogP contribution < -0.4 is 5.56 Å². The van der Waals surface area contributed by atoms with Crippen molar-refractivity contribution in [3.8, 4) is 0 Å². The van der Waals surface area contributed by atoms with E-state index >= 15 is 0 Å². The number of nitrogens with zero attached hydrogens (tertiary/aromatic N) is 3. The van der Waals surface area contributed by atoms with E-state index in [4.69, 9.17) is 0 Å². The van der Waals surface area contributed by atoms with E-state index in [0.717, 1.165) is 10.9 Å². The number of fused-ring (bicyclic) bond motifs is 1. The Kier molecular flexibility index (Phi) is 3.22. The molecule has 3 heterocycles. The number of hydrogen-bond acceptors (Lipinski definition) is 3. The van der Waals surface area contributed by atoms with Crippen molar-refractivity contribution in [2.75, 3.05) is 13.1 Å². The van der Waals surface area contributed by atoms with Gasteiger partial charge in [0.05, 0.1) is 6.54 Å². The van der Waals surface area contributed by atoms with Gasteiger partial charge in [-0.15, -0.1) is 0 Å². The van der Waals surface area contributed by atoms with Crippen LogP contribution in [0, 0.1) is 5.92 Å². The highest BCUT2D eigenvalue weighted by molar-refractivity contribution is 5.98. The molecule has 0 saturated carbocycles. The molecule has 0 radical (unpaired) electrons. The van der Waals surface area contributed by atoms with Crippen LogP contribution in [0.4, 0.5) is 0 Å². The molecule has 6 nitrogen and oxygen atoms in total. The number of hydrogen-bond donors (Lipinski definition) is 1. The molecule has 1 amide bonds. The third kappa shape index (κ3) is 2.52. The zero-order chi connectivity index (χ0) is 15.8. The minimum absolute atomic E-state index is 0.00539. The first-order chi connectivity index (χ1) is 11.2. The smallest absolute Gasteiger partial charge is 0.270 e. The van der Waals surface area contributed by atoms with Crippen molar-refractivity contribution in [3.63, 3.8) is 0 Å². The summed E-state index contributed by atoms with van der Waals surface area (Å²) in [4.78, 5) is 29.1. The lowest BCUT2D eigenvalue weighted by atomic mass is 10.00. The number of para-hydroxylation sites is 1. The minimum Gasteiger partial charge on any atom is -0.351 e. The lowest BCUT2D eigenvalue weighted by molar-refractivity contribution is 0.0453. The van der Waals surface area contributed by atoms with Crippen molar-refractivity contribution >= 4 is 16.8 Å². The Morgan fingerprint density at radius 2 is 2.04 bits per heavy atom. The average Bonchev–Trinajstić information content (AvgIpc) is 2.95. The zero-order valence-electron chi connectivity index (χ0n) is 12.5. The van der Waals surface area contributed by atoms with Gasteiger partial charge in [-0.25, -0.2) is 4.68 Å². The summed E-state index contributed by atoms with van der Waals surface area (Å²) < 4.78 is 1.45. The number of aromatic amines is 1. The normalized spacial score (nSPS) is 14.9. The summed E-state index contributed by atoms with van der Waals surface area (Å²) in [5.74, 6) is 0.279. The fourth-order valence-electron chi connectivity index (χ4n) is 2.98. The second-order valence-electron chi connectivity index (χ2n) is 5.89. The Balaban J connectivity index is 1.42. The van der Waals surface area contributed by atoms with Crippen molar-refractivity contribution in [1.82, 2.24) is 19.7 Å². The molecule has 23 heavy (non-hydrogen) atoms. The van der Waals surface area contributed by atoms with Gasteiger partial charge in [0.15, 0.2) is 0 Å². The second-order valence-corrected chi connectivity index (χ2v) is 5.89. The van der Waals surface area contributed by atoms with Gasteiger partial charge in [0.25, 0.3) is 11.5 Å². The van der Waals surface area contributed by atoms with Crippen LogP contribution in [0.3, 0.4) is 0 Å². The maximum atomic E-state index is 12.5. The third-order valence-electron chi connectivity index (χ3n) is 4.22. The maximum Gasteiger partial charge on any atom is 0.270 e. The molecule has 0 spiro atoms. The standard InChI is InChI=1S/C17H16N4O2/c22-16-6-3-7-18-21(16)11-12-9-20(10-12)17(23)15-8-13-4-1-2-5-14(13)19-15/h1-8,12,19H,9-11H2. The van der Waals surface area contributed by atoms with Crippen LogP contribution in [0.15, 0.2) is 53.5 Å². The summed E-state index contributed by atoms with van der Waals surface area (Å²) in [5.41, 5.74) is 1.47. The lowest BCUT2D eigenvalue weighted by Crippen LogP contribution is -2.52. The van der Waals surface area contributed by atoms with Gasteiger partial charge in [-0.05, 0) is 18.2 Å². The Bertz CT molecular complexity index is 888. The fourth-order valence-corrected chi connectivity index (χ4v) is 2.98. The highest BCUT2D eigenvalue weighted by Gasteiger charge is 2.32. The van der Waals surface area contributed by atoms with Gasteiger partial charge in [-0.1, -0.05) is 18.2 Å². The van der Waals surface area contributed by atoms with E-state index < -0.39 is 0 Å². The quantitative estimate of drug-likeness (QED) is 0.797. The van der Waals surface area contributed by atoms with Crippen molar-refractivity contribution in [3.05, 3.63) is 64.7 Å². The second kappa shape index (κ2) is 5.39. The van der Waals surface area contributed by atoms with Gasteiger partial charge in [0, 0.05) is 42.2 Å². The van der Waals surface area contributed by atoms with E-state index in [2.05, 4.69) is 10.1 Å². The van der Waals surface area contributed by atoms with Gasteiger partial charge in [0.2, 0.25) is 0 Å². The molecule has 1 aromatic carbocycles. The first-order valence-electron chi connectivity index (χ1n) is 7.60. The Hall–Kier alpha value is -2.89. The number of likely N-dealkylation sites (tertiary alicyclic amines) is 1. The molecule has 1 fully saturated rings. The number of aromatic nitrogens is 3. The molecule has 1 saturated heterocycles. The lowest BCUT2D eigenvalue weighted by Gasteiger charge is -2.38. The number of benzene rings is 1. The summed E-state index contributed by atoms with van der Waals surface area (Å²) in [6.07, 6.45) is 1.60. The van der Waals surface area contributed by atoms with Crippen LogP contribution in [0.5, 0.6) is 0 Å². The highest BCUT2D eigenvalue weighted by atomic mass is 16.2. The number of rotatable bonds is 3. The van der Waals surface area contributed by atoms with Crippen molar-refractivity contribution in [1.29, 1.82) is 0 Å². The molecule has 6 heteroatoms. The summed E-state index contributed by atoms with van der Waals surface area (Å²) in [7, 11) is 0. The summed E-state index contributed by atoms with van der Waals surface area (Å²) >= 11 is 0. The molecule has 2 aromatic heterocycles. The molecule has 1 aliphatic rings. The van der Waals surface area contributed by atoms with Crippen LogP contribution in [0.2, 0.25) is 0 Å². The molecule has 1 N–H and O–H groups in total. The molecule has 3 aromatic rings. The topological polar surface area (TPSA) is 71.0 Å². The molecule has 0 atom stereocenters. The Morgan fingerprint density at radius 3 is 2.83 bits per heavy atom. The number of amides is 1. The van der Waals surface area contributed by atoms with Crippen molar-refractivity contribution in [2.24, 2.45) is 5.92 Å². The molecule has 1 aliphatic heterocycles. The number of carbonyl (C=O) groups excluding carboxylic acids is 1. The van der Waals surface area contributed by atoms with Gasteiger partial charge >= 0.3 is 0 Å². The van der Waals surface area contributed by atoms with E-state index in [1.807, 2.05) is 30.3 Å². The van der Waals surface area contributed by atoms with Crippen LogP contribution in [0.25, 0.3) is 10.9 Å². The first kappa shape index (κ1) is 13.8. The van der Waals surface area contributed by atoms with Crippen molar-refractivity contribution < 1.29 is 4.79 Å². The van der Waals surface area contributed by atoms with E-state index in [1.54, 1.807) is 17.2 Å². The monoisotopic (exact) mass is 308 g/mol. The molecular weight excluding hydrogens is 292 g/mol. The number of nitrogens with one attached hydrogen (secondary N) is 1. The summed E-state index contributed by atoms with van der Waals surface area (Å²) in [6, 6.07) is 12.8. The van der Waals surface area contributed by atoms with Crippen LogP contribution >= 0.6 is 0 Å². The third-order valence-corrected chi connectivity index (χ3v) is 4.22. The van der Waals surface area contributed by atoms with Crippen molar-refractivity contribution in [2.45, 2.75) is 6.54 Å². The molecule has 0 aliphatic carbocycles. The molecular formula is C17H16N4O2. The summed E-state index contributed by atoms with van der Waals surface area (Å²) in [5, 5.41) is 5.09. The summed E-state index contributed by atoms with van der Waals surface area (Å²) in [6.45, 7) is 1.85. The molecule has 116 valence electrons. The fraction of sp³-hybridized carbons (Fsp3) is 0.235. The number of carbonyl (C=O) groups is 1. The first-order valence-corrected chi connectivity index (χ1v) is 7.60. The molecule has 4 rings (SSSR count). The largest absolute Gasteiger partial charge is 0.351 e. The highest BCUT2D eigenvalue weighted by Crippen LogP contribution is 2.22. The van der Waals surface area contributed by atoms with E-state index in [0.29, 0.717) is 25.3 Å². The average molecular weight is 308 g/mol. The molecule has 0 unspecified atom stereocenters. The van der Waals surface area contributed by atoms with Gasteiger partial charge in [0.1, 0.15) is 5.69 Å². The predicted molar refractivity (Wildman–Crippen MR) is 86.2 cm³/mol. The van der Waals surface area contributed by atoms with Crippen LogP contribution in [0.1, 0.15) is 10.5 Å². The minimum atomic E-state index is -0.104. The Labute approximate surface area is 132 Å². The van der Waals surface area contributed by atoms with Gasteiger partial charge in [-0.3, -0.25) is 9.59 Å². The van der Waals surface area contributed by atoms with E-state index in [-0.39, 0.29) is 17.4 Å². The maximum absolute atomic E-state index is 12.5. The van der Waals surface area contributed by atoms with Gasteiger partial charge < -0.3 is 9.88 Å². The molecule has 0 bridgehead atoms. The zero-order valence-corrected chi connectivity index (χ0v) is 12.5. The van der Waals surface area contributed by atoms with E-state index in [1.165, 1.54) is 10.7 Å². The number of H-pyrrole nitrogens is 1. The van der Waals surface area contributed by atoms with Crippen LogP contribution in [-0.4, -0.2) is 38.7 Å². The van der Waals surface area contributed by atoms with Crippen LogP contribution in [-0.2, 0) is 6.54 Å². The van der Waals surface area contributed by atoms with Gasteiger partial charge in [-0.2, -0.15) is 5.10 Å². The Morgan fingerprint density at radius 1 is 1.22 bits per heavy atom. The predicted octanol–water partition coefficient (Wildman–Crippen LogP) is 1.50. The van der Waals surface area contributed by atoms with E-state index in [9.17, 15) is 9.59 Å². The SMILES string of the molecule is O=C(c1cc2ccccc2[nH]1)N1CC(Cn2ncccc2=O)C1.